The molecule has 43 heavy (non-hydrogen) atoms. The fraction of sp³-hybridized carbons (Fsp3) is 0.424. The summed E-state index contributed by atoms with van der Waals surface area (Å²) in [5, 5.41) is 46.0. The van der Waals surface area contributed by atoms with Crippen molar-refractivity contribution in [3.05, 3.63) is 69.7 Å². The highest BCUT2D eigenvalue weighted by atomic mass is 16.3. The Kier molecular flexibility index (Phi) is 7.02. The first-order chi connectivity index (χ1) is 19.9. The van der Waals surface area contributed by atoms with Crippen molar-refractivity contribution in [2.75, 3.05) is 33.1 Å². The average Bonchev–Trinajstić information content (AvgIpc) is 2.90. The third kappa shape index (κ3) is 4.34. The number of likely N-dealkylation sites (N-methyl/N-ethyl adjacent to an activating group) is 1. The van der Waals surface area contributed by atoms with Crippen molar-refractivity contribution in [3.63, 3.8) is 0 Å². The zero-order chi connectivity index (χ0) is 31.9. The zero-order valence-corrected chi connectivity index (χ0v) is 25.5. The molecule has 0 saturated carbocycles. The summed E-state index contributed by atoms with van der Waals surface area (Å²) in [6, 6.07) is 8.51. The Morgan fingerprint density at radius 3 is 2.14 bits per heavy atom. The van der Waals surface area contributed by atoms with E-state index in [9.17, 15) is 34.8 Å². The number of aromatic hydroxyl groups is 1. The SMILES string of the molecule is CN(C)c1cc(-c2ccc(C(C)(C)C)cc2)c(O)c2c1C[C@H]1C[C@H]3[C@H](N(C)C)C(O)=C(C(N)=O)C(=O)[C@@]3(O)C(O)=C1C2=O. The van der Waals surface area contributed by atoms with E-state index in [1.54, 1.807) is 14.1 Å². The number of benzene rings is 2. The minimum Gasteiger partial charge on any atom is -0.510 e. The van der Waals surface area contributed by atoms with Gasteiger partial charge in [0.25, 0.3) is 5.91 Å². The van der Waals surface area contributed by atoms with Gasteiger partial charge in [-0.05, 0) is 61.0 Å². The predicted molar refractivity (Wildman–Crippen MR) is 162 cm³/mol. The van der Waals surface area contributed by atoms with Crippen LogP contribution in [0.25, 0.3) is 11.1 Å². The molecule has 3 aliphatic rings. The standard InChI is InChI=1S/C33H39N3O7/c1-32(2,3)17-10-8-15(9-11-17)18-14-21(35(4)5)19-12-16-13-20-25(36(6)7)28(39)24(31(34)42)30(41)33(20,43)29(40)22(16)27(38)23(19)26(18)37/h8-11,14,16,20,25,37,39-40,43H,12-13H2,1-7H3,(H2,34,42)/t16-,20-,25-,33-/m0/s1. The molecular formula is C33H39N3O7. The van der Waals surface area contributed by atoms with E-state index in [1.165, 1.54) is 4.90 Å². The van der Waals surface area contributed by atoms with Crippen LogP contribution < -0.4 is 10.6 Å². The molecule has 0 aromatic heterocycles. The number of aliphatic hydroxyl groups is 3. The normalized spacial score (nSPS) is 25.5. The molecule has 10 nitrogen and oxygen atoms in total. The highest BCUT2D eigenvalue weighted by Crippen LogP contribution is 2.54. The van der Waals surface area contributed by atoms with Crippen molar-refractivity contribution >= 4 is 23.2 Å². The summed E-state index contributed by atoms with van der Waals surface area (Å²) in [6.45, 7) is 6.30. The highest BCUT2D eigenvalue weighted by molar-refractivity contribution is 6.25. The predicted octanol–water partition coefficient (Wildman–Crippen LogP) is 3.15. The molecule has 0 bridgehead atoms. The Morgan fingerprint density at radius 1 is 1.02 bits per heavy atom. The lowest BCUT2D eigenvalue weighted by Gasteiger charge is -2.50. The topological polar surface area (TPSA) is 165 Å². The number of fused-ring (bicyclic) bond motifs is 3. The number of primary amides is 1. The second kappa shape index (κ2) is 9.96. The van der Waals surface area contributed by atoms with E-state index in [2.05, 4.69) is 20.8 Å². The number of phenolic OH excluding ortho intramolecular Hbond substituents is 1. The van der Waals surface area contributed by atoms with Crippen molar-refractivity contribution < 1.29 is 34.8 Å². The van der Waals surface area contributed by atoms with Gasteiger partial charge in [0.05, 0.1) is 11.6 Å². The molecule has 6 N–H and O–H groups in total. The zero-order valence-electron chi connectivity index (χ0n) is 25.5. The van der Waals surface area contributed by atoms with E-state index in [4.69, 9.17) is 5.73 Å². The van der Waals surface area contributed by atoms with Crippen molar-refractivity contribution in [2.24, 2.45) is 17.6 Å². The third-order valence-electron chi connectivity index (χ3n) is 9.24. The number of carbonyl (C=O) groups excluding carboxylic acids is 3. The number of amides is 1. The fourth-order valence-electron chi connectivity index (χ4n) is 7.07. The lowest BCUT2D eigenvalue weighted by atomic mass is 9.58. The van der Waals surface area contributed by atoms with Crippen LogP contribution in [0.1, 0.15) is 48.7 Å². The summed E-state index contributed by atoms with van der Waals surface area (Å²) in [5.41, 5.74) is 5.14. The highest BCUT2D eigenvalue weighted by Gasteiger charge is 2.63. The number of nitrogens with two attached hydrogens (primary N) is 1. The number of nitrogens with zero attached hydrogens (tertiary/aromatic N) is 2. The summed E-state index contributed by atoms with van der Waals surface area (Å²) >= 11 is 0. The molecule has 0 fully saturated rings. The van der Waals surface area contributed by atoms with Crippen molar-refractivity contribution in [3.8, 4) is 16.9 Å². The van der Waals surface area contributed by atoms with Gasteiger partial charge < -0.3 is 31.1 Å². The molecule has 0 saturated heterocycles. The van der Waals surface area contributed by atoms with E-state index >= 15 is 0 Å². The number of hydrogen-bond donors (Lipinski definition) is 5. The van der Waals surface area contributed by atoms with Gasteiger partial charge in [-0.3, -0.25) is 19.3 Å². The van der Waals surface area contributed by atoms with Crippen LogP contribution in [-0.2, 0) is 21.4 Å². The van der Waals surface area contributed by atoms with E-state index in [1.807, 2.05) is 49.3 Å². The molecule has 0 spiro atoms. The van der Waals surface area contributed by atoms with Gasteiger partial charge in [-0.1, -0.05) is 45.0 Å². The maximum absolute atomic E-state index is 14.3. The van der Waals surface area contributed by atoms with Crippen LogP contribution in [0.5, 0.6) is 5.75 Å². The minimum atomic E-state index is -2.68. The smallest absolute Gasteiger partial charge is 0.255 e. The second-order valence-corrected chi connectivity index (χ2v) is 13.3. The van der Waals surface area contributed by atoms with Crippen molar-refractivity contribution in [2.45, 2.75) is 50.7 Å². The van der Waals surface area contributed by atoms with Gasteiger partial charge in [-0.25, -0.2) is 0 Å². The Morgan fingerprint density at radius 2 is 1.63 bits per heavy atom. The first kappa shape index (κ1) is 30.3. The van der Waals surface area contributed by atoms with Crippen LogP contribution in [0.2, 0.25) is 0 Å². The Bertz CT molecular complexity index is 1630. The quantitative estimate of drug-likeness (QED) is 0.337. The maximum atomic E-state index is 14.3. The lowest BCUT2D eigenvalue weighted by Crippen LogP contribution is -2.63. The fourth-order valence-corrected chi connectivity index (χ4v) is 7.07. The molecular weight excluding hydrogens is 550 g/mol. The number of ketones is 2. The third-order valence-corrected chi connectivity index (χ3v) is 9.24. The minimum absolute atomic E-state index is 0.0121. The Hall–Kier alpha value is -4.15. The molecule has 3 aliphatic carbocycles. The Balaban J connectivity index is 1.72. The molecule has 10 heteroatoms. The van der Waals surface area contributed by atoms with Crippen LogP contribution >= 0.6 is 0 Å². The number of phenols is 1. The van der Waals surface area contributed by atoms with Gasteiger partial charge in [-0.15, -0.1) is 0 Å². The monoisotopic (exact) mass is 589 g/mol. The van der Waals surface area contributed by atoms with Gasteiger partial charge in [0.1, 0.15) is 22.8 Å². The molecule has 0 unspecified atom stereocenters. The second-order valence-electron chi connectivity index (χ2n) is 13.3. The Labute approximate surface area is 250 Å². The van der Waals surface area contributed by atoms with Gasteiger partial charge in [0.15, 0.2) is 11.4 Å². The molecule has 0 heterocycles. The van der Waals surface area contributed by atoms with Gasteiger partial charge in [0, 0.05) is 36.8 Å². The summed E-state index contributed by atoms with van der Waals surface area (Å²) < 4.78 is 0. The summed E-state index contributed by atoms with van der Waals surface area (Å²) in [5.74, 6) is -6.67. The summed E-state index contributed by atoms with van der Waals surface area (Å²) in [4.78, 5) is 43.4. The van der Waals surface area contributed by atoms with Crippen LogP contribution in [-0.4, -0.2) is 82.6 Å². The van der Waals surface area contributed by atoms with Gasteiger partial charge in [-0.2, -0.15) is 0 Å². The largest absolute Gasteiger partial charge is 0.510 e. The van der Waals surface area contributed by atoms with Crippen LogP contribution in [0, 0.1) is 11.8 Å². The van der Waals surface area contributed by atoms with Crippen molar-refractivity contribution in [1.29, 1.82) is 0 Å². The van der Waals surface area contributed by atoms with Crippen LogP contribution in [0.3, 0.4) is 0 Å². The number of carbonyl (C=O) groups is 3. The molecule has 2 aromatic rings. The first-order valence-electron chi connectivity index (χ1n) is 14.2. The van der Waals surface area contributed by atoms with E-state index in [0.29, 0.717) is 22.4 Å². The molecule has 4 atom stereocenters. The van der Waals surface area contributed by atoms with Crippen molar-refractivity contribution in [1.82, 2.24) is 4.90 Å². The van der Waals surface area contributed by atoms with Crippen LogP contribution in [0.15, 0.2) is 53.0 Å². The number of aliphatic hydroxyl groups excluding tert-OH is 2. The number of hydrogen-bond acceptors (Lipinski definition) is 9. The molecule has 5 rings (SSSR count). The molecule has 0 aliphatic heterocycles. The summed E-state index contributed by atoms with van der Waals surface area (Å²) in [7, 11) is 6.88. The van der Waals surface area contributed by atoms with Gasteiger partial charge in [0.2, 0.25) is 5.78 Å². The van der Waals surface area contributed by atoms with E-state index in [0.717, 1.165) is 5.56 Å². The van der Waals surface area contributed by atoms with E-state index in [-0.39, 0.29) is 35.1 Å². The molecule has 2 aromatic carbocycles. The number of Topliss-reactive ketones (excluding diaryl/α,β-unsaturated/α-hetero) is 2. The average molecular weight is 590 g/mol. The number of anilines is 1. The molecule has 0 radical (unpaired) electrons. The molecule has 228 valence electrons. The maximum Gasteiger partial charge on any atom is 0.255 e. The number of rotatable bonds is 4. The lowest BCUT2D eigenvalue weighted by molar-refractivity contribution is -0.148. The van der Waals surface area contributed by atoms with Gasteiger partial charge >= 0.3 is 0 Å². The van der Waals surface area contributed by atoms with E-state index < -0.39 is 58.0 Å². The first-order valence-corrected chi connectivity index (χ1v) is 14.2. The molecule has 1 amide bonds. The van der Waals surface area contributed by atoms with Crippen LogP contribution in [0.4, 0.5) is 5.69 Å². The number of allylic oxidation sites excluding steroid dienone is 1. The summed E-state index contributed by atoms with van der Waals surface area (Å²) in [6.07, 6.45) is 0.258.